The summed E-state index contributed by atoms with van der Waals surface area (Å²) in [7, 11) is 1.35. The third-order valence-electron chi connectivity index (χ3n) is 3.91. The van der Waals surface area contributed by atoms with Crippen LogP contribution in [0.1, 0.15) is 16.8 Å². The number of aromatic nitrogens is 1. The average molecular weight is 450 g/mol. The third kappa shape index (κ3) is 4.85. The number of nitrogens with zero attached hydrogens (tertiary/aromatic N) is 1. The summed E-state index contributed by atoms with van der Waals surface area (Å²) in [5, 5.41) is 12.4. The zero-order chi connectivity index (χ0) is 21.0. The Morgan fingerprint density at radius 1 is 1.21 bits per heavy atom. The molecule has 0 saturated heterocycles. The molecule has 0 bridgehead atoms. The van der Waals surface area contributed by atoms with Crippen LogP contribution in [0.15, 0.2) is 54.1 Å². The van der Waals surface area contributed by atoms with Gasteiger partial charge in [-0.1, -0.05) is 53.5 Å². The molecular formula is C21H14Cl2FNO3S. The molecule has 0 aliphatic rings. The van der Waals surface area contributed by atoms with Gasteiger partial charge in [-0.05, 0) is 29.3 Å². The van der Waals surface area contributed by atoms with Crippen LogP contribution < -0.4 is 0 Å². The molecule has 29 heavy (non-hydrogen) atoms. The van der Waals surface area contributed by atoms with Crippen LogP contribution in [0.5, 0.6) is 0 Å². The second-order valence-corrected chi connectivity index (χ2v) is 7.49. The molecule has 1 heterocycles. The van der Waals surface area contributed by atoms with E-state index in [1.807, 2.05) is 0 Å². The molecule has 0 saturated carbocycles. The molecule has 0 radical (unpaired) electrons. The lowest BCUT2D eigenvalue weighted by Gasteiger charge is -2.07. The molecule has 1 N–H and O–H groups in total. The molecule has 3 aromatic rings. The van der Waals surface area contributed by atoms with Gasteiger partial charge in [0.2, 0.25) is 0 Å². The fourth-order valence-electron chi connectivity index (χ4n) is 2.57. The monoisotopic (exact) mass is 449 g/mol. The van der Waals surface area contributed by atoms with Gasteiger partial charge in [0.15, 0.2) is 0 Å². The third-order valence-corrected chi connectivity index (χ3v) is 5.55. The van der Waals surface area contributed by atoms with Gasteiger partial charge in [-0.25, -0.2) is 14.2 Å². The zero-order valence-corrected chi connectivity index (χ0v) is 17.4. The van der Waals surface area contributed by atoms with E-state index in [1.54, 1.807) is 47.8 Å². The van der Waals surface area contributed by atoms with Crippen molar-refractivity contribution in [3.63, 3.8) is 0 Å². The SMILES string of the molecule is COC=C(C(=O)O)c1ccccc1C=C(F)c1csc(-c2ccc(Cl)c(Cl)c2)n1. The van der Waals surface area contributed by atoms with Crippen molar-refractivity contribution in [3.8, 4) is 10.6 Å². The highest BCUT2D eigenvalue weighted by Crippen LogP contribution is 2.33. The summed E-state index contributed by atoms with van der Waals surface area (Å²) >= 11 is 13.2. The van der Waals surface area contributed by atoms with Crippen molar-refractivity contribution in [2.45, 2.75) is 0 Å². The summed E-state index contributed by atoms with van der Waals surface area (Å²) in [6.45, 7) is 0. The number of halogens is 3. The van der Waals surface area contributed by atoms with Gasteiger partial charge in [0.25, 0.3) is 0 Å². The molecule has 148 valence electrons. The lowest BCUT2D eigenvalue weighted by Crippen LogP contribution is -2.02. The van der Waals surface area contributed by atoms with E-state index in [2.05, 4.69) is 4.98 Å². The van der Waals surface area contributed by atoms with Crippen LogP contribution in [0.2, 0.25) is 10.0 Å². The number of thiazole rings is 1. The van der Waals surface area contributed by atoms with E-state index in [4.69, 9.17) is 27.9 Å². The number of aliphatic carboxylic acids is 1. The molecule has 0 aliphatic carbocycles. The first kappa shape index (κ1) is 21.0. The predicted octanol–water partition coefficient (Wildman–Crippen LogP) is 6.66. The summed E-state index contributed by atoms with van der Waals surface area (Å²) in [5.41, 5.74) is 1.50. The molecule has 0 amide bonds. The Labute approximate surface area is 180 Å². The molecule has 1 aromatic heterocycles. The molecule has 2 aromatic carbocycles. The van der Waals surface area contributed by atoms with Crippen molar-refractivity contribution in [2.24, 2.45) is 0 Å². The maximum atomic E-state index is 14.9. The summed E-state index contributed by atoms with van der Waals surface area (Å²) in [5.74, 6) is -1.77. The number of rotatable bonds is 6. The summed E-state index contributed by atoms with van der Waals surface area (Å²) in [6, 6.07) is 11.6. The van der Waals surface area contributed by atoms with Gasteiger partial charge in [-0.2, -0.15) is 0 Å². The first-order valence-corrected chi connectivity index (χ1v) is 9.88. The normalized spacial score (nSPS) is 12.1. The predicted molar refractivity (Wildman–Crippen MR) is 116 cm³/mol. The first-order chi connectivity index (χ1) is 13.9. The van der Waals surface area contributed by atoms with Crippen molar-refractivity contribution in [1.82, 2.24) is 4.98 Å². The van der Waals surface area contributed by atoms with Crippen LogP contribution in [-0.2, 0) is 9.53 Å². The van der Waals surface area contributed by atoms with E-state index in [9.17, 15) is 14.3 Å². The number of hydrogen-bond acceptors (Lipinski definition) is 4. The molecule has 4 nitrogen and oxygen atoms in total. The Kier molecular flexibility index (Phi) is 6.69. The number of ether oxygens (including phenoxy) is 1. The fraction of sp³-hybridized carbons (Fsp3) is 0.0476. The highest BCUT2D eigenvalue weighted by atomic mass is 35.5. The van der Waals surface area contributed by atoms with Gasteiger partial charge in [0.1, 0.15) is 22.1 Å². The molecule has 0 unspecified atom stereocenters. The molecule has 8 heteroatoms. The van der Waals surface area contributed by atoms with Gasteiger partial charge in [0.05, 0.1) is 23.4 Å². The second kappa shape index (κ2) is 9.22. The van der Waals surface area contributed by atoms with Gasteiger partial charge >= 0.3 is 5.97 Å². The van der Waals surface area contributed by atoms with E-state index in [1.165, 1.54) is 24.5 Å². The van der Waals surface area contributed by atoms with Crippen LogP contribution in [0.4, 0.5) is 4.39 Å². The highest BCUT2D eigenvalue weighted by molar-refractivity contribution is 7.13. The summed E-state index contributed by atoms with van der Waals surface area (Å²) in [6.07, 6.45) is 2.35. The van der Waals surface area contributed by atoms with Crippen molar-refractivity contribution < 1.29 is 19.0 Å². The zero-order valence-electron chi connectivity index (χ0n) is 15.0. The Bertz CT molecular complexity index is 1120. The lowest BCUT2D eigenvalue weighted by atomic mass is 10.00. The van der Waals surface area contributed by atoms with Gasteiger partial charge in [0, 0.05) is 10.9 Å². The summed E-state index contributed by atoms with van der Waals surface area (Å²) < 4.78 is 19.7. The smallest absolute Gasteiger partial charge is 0.339 e. The number of benzene rings is 2. The Morgan fingerprint density at radius 3 is 2.66 bits per heavy atom. The maximum Gasteiger partial charge on any atom is 0.339 e. The molecular weight excluding hydrogens is 436 g/mol. The Morgan fingerprint density at radius 2 is 1.97 bits per heavy atom. The van der Waals surface area contributed by atoms with E-state index < -0.39 is 11.8 Å². The van der Waals surface area contributed by atoms with E-state index in [0.29, 0.717) is 26.2 Å². The van der Waals surface area contributed by atoms with Crippen LogP contribution in [0.3, 0.4) is 0 Å². The largest absolute Gasteiger partial charge is 0.503 e. The lowest BCUT2D eigenvalue weighted by molar-refractivity contribution is -0.130. The van der Waals surface area contributed by atoms with Crippen molar-refractivity contribution in [2.75, 3.05) is 7.11 Å². The highest BCUT2D eigenvalue weighted by Gasteiger charge is 2.16. The average Bonchev–Trinajstić information content (AvgIpc) is 3.19. The van der Waals surface area contributed by atoms with Crippen molar-refractivity contribution in [3.05, 3.63) is 81.0 Å². The summed E-state index contributed by atoms with van der Waals surface area (Å²) in [4.78, 5) is 15.8. The Hall–Kier alpha value is -2.67. The van der Waals surface area contributed by atoms with Crippen molar-refractivity contribution in [1.29, 1.82) is 0 Å². The second-order valence-electron chi connectivity index (χ2n) is 5.82. The van der Waals surface area contributed by atoms with Crippen LogP contribution in [-0.4, -0.2) is 23.2 Å². The van der Waals surface area contributed by atoms with E-state index in [-0.39, 0.29) is 11.3 Å². The molecule has 3 rings (SSSR count). The molecule has 0 atom stereocenters. The van der Waals surface area contributed by atoms with Crippen LogP contribution >= 0.6 is 34.5 Å². The first-order valence-electron chi connectivity index (χ1n) is 8.25. The van der Waals surface area contributed by atoms with Crippen LogP contribution in [0.25, 0.3) is 28.0 Å². The minimum absolute atomic E-state index is 0.0816. The fourth-order valence-corrected chi connectivity index (χ4v) is 3.67. The molecule has 0 fully saturated rings. The van der Waals surface area contributed by atoms with Crippen LogP contribution in [0, 0.1) is 0 Å². The van der Waals surface area contributed by atoms with Gasteiger partial charge in [-0.3, -0.25) is 0 Å². The van der Waals surface area contributed by atoms with Crippen molar-refractivity contribution >= 4 is 58.0 Å². The van der Waals surface area contributed by atoms with E-state index in [0.717, 1.165) is 11.8 Å². The maximum absolute atomic E-state index is 14.9. The van der Waals surface area contributed by atoms with Gasteiger partial charge in [-0.15, -0.1) is 11.3 Å². The topological polar surface area (TPSA) is 59.4 Å². The standard InChI is InChI=1S/C21H14Cl2FNO3S/c1-28-10-15(21(26)27)14-5-3-2-4-12(14)9-18(24)19-11-29-20(25-19)13-6-7-16(22)17(23)8-13/h2-11H,1H3,(H,26,27). The minimum Gasteiger partial charge on any atom is -0.503 e. The quantitative estimate of drug-likeness (QED) is 0.337. The number of carboxylic acid groups (broad SMARTS) is 1. The van der Waals surface area contributed by atoms with E-state index >= 15 is 0 Å². The number of carboxylic acids is 1. The van der Waals surface area contributed by atoms with Gasteiger partial charge < -0.3 is 9.84 Å². The number of carbonyl (C=O) groups is 1. The molecule has 0 spiro atoms. The minimum atomic E-state index is -1.18. The number of methoxy groups -OCH3 is 1. The Balaban J connectivity index is 1.97. The molecule has 0 aliphatic heterocycles. The number of hydrogen-bond donors (Lipinski definition) is 1.